The maximum atomic E-state index is 13.7. The standard InChI is InChI=1S/C14H18F3N/c1-18-14(6-9-4-2-3-5-9)10-7-12(16)13(17)8-11(10)15/h7-9,14,18H,2-6H2,1H3. The topological polar surface area (TPSA) is 12.0 Å². The Morgan fingerprint density at radius 2 is 1.72 bits per heavy atom. The third-order valence-corrected chi connectivity index (χ3v) is 3.81. The highest BCUT2D eigenvalue weighted by molar-refractivity contribution is 5.23. The normalized spacial score (nSPS) is 18.2. The molecule has 0 radical (unpaired) electrons. The molecule has 0 spiro atoms. The lowest BCUT2D eigenvalue weighted by atomic mass is 9.93. The Morgan fingerprint density at radius 3 is 2.33 bits per heavy atom. The summed E-state index contributed by atoms with van der Waals surface area (Å²) >= 11 is 0. The summed E-state index contributed by atoms with van der Waals surface area (Å²) in [6.45, 7) is 0. The van der Waals surface area contributed by atoms with Gasteiger partial charge in [0.1, 0.15) is 5.82 Å². The molecule has 1 fully saturated rings. The first-order valence-corrected chi connectivity index (χ1v) is 6.43. The second-order valence-electron chi connectivity index (χ2n) is 5.02. The second-order valence-corrected chi connectivity index (χ2v) is 5.02. The van der Waals surface area contributed by atoms with E-state index in [0.29, 0.717) is 12.0 Å². The lowest BCUT2D eigenvalue weighted by Crippen LogP contribution is -2.20. The first-order chi connectivity index (χ1) is 8.61. The number of hydrogen-bond donors (Lipinski definition) is 1. The van der Waals surface area contributed by atoms with Gasteiger partial charge < -0.3 is 5.32 Å². The van der Waals surface area contributed by atoms with Gasteiger partial charge in [-0.25, -0.2) is 13.2 Å². The maximum absolute atomic E-state index is 13.7. The van der Waals surface area contributed by atoms with Gasteiger partial charge in [-0.1, -0.05) is 25.7 Å². The molecule has 0 aromatic heterocycles. The SMILES string of the molecule is CNC(CC1CCCC1)c1cc(F)c(F)cc1F. The van der Waals surface area contributed by atoms with Crippen LogP contribution in [0.1, 0.15) is 43.7 Å². The first-order valence-electron chi connectivity index (χ1n) is 6.43. The molecule has 0 aliphatic heterocycles. The maximum Gasteiger partial charge on any atom is 0.161 e. The van der Waals surface area contributed by atoms with Gasteiger partial charge >= 0.3 is 0 Å². The van der Waals surface area contributed by atoms with Crippen molar-refractivity contribution in [3.63, 3.8) is 0 Å². The molecule has 1 unspecified atom stereocenters. The molecule has 0 amide bonds. The van der Waals surface area contributed by atoms with Crippen LogP contribution in [0.5, 0.6) is 0 Å². The van der Waals surface area contributed by atoms with Crippen molar-refractivity contribution in [2.45, 2.75) is 38.1 Å². The molecule has 100 valence electrons. The van der Waals surface area contributed by atoms with Gasteiger partial charge in [0, 0.05) is 17.7 Å². The van der Waals surface area contributed by atoms with Crippen molar-refractivity contribution in [2.75, 3.05) is 7.05 Å². The molecule has 1 aromatic carbocycles. The molecule has 1 saturated carbocycles. The fourth-order valence-corrected chi connectivity index (χ4v) is 2.78. The van der Waals surface area contributed by atoms with Crippen LogP contribution in [0.25, 0.3) is 0 Å². The van der Waals surface area contributed by atoms with Gasteiger partial charge in [-0.15, -0.1) is 0 Å². The molecule has 1 aliphatic rings. The van der Waals surface area contributed by atoms with Crippen LogP contribution >= 0.6 is 0 Å². The summed E-state index contributed by atoms with van der Waals surface area (Å²) in [5.41, 5.74) is 0.225. The molecule has 0 heterocycles. The summed E-state index contributed by atoms with van der Waals surface area (Å²) in [7, 11) is 1.72. The van der Waals surface area contributed by atoms with E-state index in [2.05, 4.69) is 5.32 Å². The Bertz CT molecular complexity index is 414. The Labute approximate surface area is 105 Å². The summed E-state index contributed by atoms with van der Waals surface area (Å²) < 4.78 is 39.8. The minimum absolute atomic E-state index is 0.225. The zero-order valence-electron chi connectivity index (χ0n) is 10.5. The highest BCUT2D eigenvalue weighted by atomic mass is 19.2. The lowest BCUT2D eigenvalue weighted by molar-refractivity contribution is 0.397. The minimum atomic E-state index is -1.13. The average Bonchev–Trinajstić information content (AvgIpc) is 2.84. The van der Waals surface area contributed by atoms with Crippen LogP contribution < -0.4 is 5.32 Å². The van der Waals surface area contributed by atoms with Crippen molar-refractivity contribution in [2.24, 2.45) is 5.92 Å². The molecular weight excluding hydrogens is 239 g/mol. The van der Waals surface area contributed by atoms with E-state index in [1.807, 2.05) is 0 Å². The molecule has 0 bridgehead atoms. The third-order valence-electron chi connectivity index (χ3n) is 3.81. The summed E-state index contributed by atoms with van der Waals surface area (Å²) in [6, 6.07) is 1.35. The number of nitrogens with one attached hydrogen (secondary N) is 1. The third kappa shape index (κ3) is 2.86. The monoisotopic (exact) mass is 257 g/mol. The smallest absolute Gasteiger partial charge is 0.161 e. The molecule has 1 aliphatic carbocycles. The fraction of sp³-hybridized carbons (Fsp3) is 0.571. The molecule has 4 heteroatoms. The summed E-state index contributed by atoms with van der Waals surface area (Å²) in [5.74, 6) is -2.24. The Morgan fingerprint density at radius 1 is 1.11 bits per heavy atom. The van der Waals surface area contributed by atoms with Crippen LogP contribution in [0.4, 0.5) is 13.2 Å². The summed E-state index contributed by atoms with van der Waals surface area (Å²) in [6.07, 6.45) is 5.48. The van der Waals surface area contributed by atoms with E-state index >= 15 is 0 Å². The van der Waals surface area contributed by atoms with E-state index in [1.54, 1.807) is 7.05 Å². The van der Waals surface area contributed by atoms with Crippen molar-refractivity contribution >= 4 is 0 Å². The number of halogens is 3. The molecule has 1 N–H and O–H groups in total. The van der Waals surface area contributed by atoms with Crippen molar-refractivity contribution in [3.05, 3.63) is 35.1 Å². The van der Waals surface area contributed by atoms with Gasteiger partial charge in [-0.05, 0) is 25.5 Å². The summed E-state index contributed by atoms with van der Waals surface area (Å²) in [5, 5.41) is 3.00. The Kier molecular flexibility index (Phi) is 4.27. The molecule has 0 saturated heterocycles. The van der Waals surface area contributed by atoms with E-state index in [1.165, 1.54) is 12.8 Å². The van der Waals surface area contributed by atoms with Crippen molar-refractivity contribution in [1.29, 1.82) is 0 Å². The van der Waals surface area contributed by atoms with E-state index in [9.17, 15) is 13.2 Å². The van der Waals surface area contributed by atoms with E-state index in [0.717, 1.165) is 25.3 Å². The molecule has 1 atom stereocenters. The highest BCUT2D eigenvalue weighted by Crippen LogP contribution is 2.34. The fourth-order valence-electron chi connectivity index (χ4n) is 2.78. The molecule has 2 rings (SSSR count). The van der Waals surface area contributed by atoms with Crippen LogP contribution in [-0.4, -0.2) is 7.05 Å². The molecular formula is C14H18F3N. The van der Waals surface area contributed by atoms with Gasteiger partial charge in [0.2, 0.25) is 0 Å². The van der Waals surface area contributed by atoms with Crippen LogP contribution in [0.15, 0.2) is 12.1 Å². The van der Waals surface area contributed by atoms with Crippen molar-refractivity contribution in [3.8, 4) is 0 Å². The van der Waals surface area contributed by atoms with Crippen LogP contribution in [0, 0.1) is 23.4 Å². The van der Waals surface area contributed by atoms with Gasteiger partial charge in [-0.2, -0.15) is 0 Å². The van der Waals surface area contributed by atoms with Crippen molar-refractivity contribution in [1.82, 2.24) is 5.32 Å². The first kappa shape index (κ1) is 13.4. The summed E-state index contributed by atoms with van der Waals surface area (Å²) in [4.78, 5) is 0. The molecule has 1 nitrogen and oxygen atoms in total. The predicted molar refractivity (Wildman–Crippen MR) is 64.7 cm³/mol. The van der Waals surface area contributed by atoms with Gasteiger partial charge in [0.15, 0.2) is 11.6 Å². The quantitative estimate of drug-likeness (QED) is 0.805. The lowest BCUT2D eigenvalue weighted by Gasteiger charge is -2.21. The predicted octanol–water partition coefficient (Wildman–Crippen LogP) is 3.94. The Hall–Kier alpha value is -1.03. The van der Waals surface area contributed by atoms with Crippen LogP contribution in [0.3, 0.4) is 0 Å². The largest absolute Gasteiger partial charge is 0.313 e. The van der Waals surface area contributed by atoms with Gasteiger partial charge in [-0.3, -0.25) is 0 Å². The molecule has 1 aromatic rings. The highest BCUT2D eigenvalue weighted by Gasteiger charge is 2.23. The van der Waals surface area contributed by atoms with E-state index in [4.69, 9.17) is 0 Å². The zero-order valence-corrected chi connectivity index (χ0v) is 10.5. The van der Waals surface area contributed by atoms with Crippen molar-refractivity contribution < 1.29 is 13.2 Å². The number of rotatable bonds is 4. The van der Waals surface area contributed by atoms with Crippen LogP contribution in [-0.2, 0) is 0 Å². The van der Waals surface area contributed by atoms with E-state index < -0.39 is 17.5 Å². The number of benzene rings is 1. The molecule has 18 heavy (non-hydrogen) atoms. The number of hydrogen-bond acceptors (Lipinski definition) is 1. The Balaban J connectivity index is 2.18. The van der Waals surface area contributed by atoms with Crippen LogP contribution in [0.2, 0.25) is 0 Å². The van der Waals surface area contributed by atoms with Gasteiger partial charge in [0.25, 0.3) is 0 Å². The zero-order chi connectivity index (χ0) is 13.1. The average molecular weight is 257 g/mol. The van der Waals surface area contributed by atoms with E-state index in [-0.39, 0.29) is 11.6 Å². The van der Waals surface area contributed by atoms with Gasteiger partial charge in [0.05, 0.1) is 0 Å². The second kappa shape index (κ2) is 5.74. The minimum Gasteiger partial charge on any atom is -0.313 e.